The fourth-order valence-electron chi connectivity index (χ4n) is 0.946. The number of carbonyl (C=O) groups is 1. The molecule has 0 aromatic carbocycles. The van der Waals surface area contributed by atoms with Crippen LogP contribution < -0.4 is 5.73 Å². The highest BCUT2D eigenvalue weighted by Gasteiger charge is 2.05. The number of pyridine rings is 1. The van der Waals surface area contributed by atoms with Gasteiger partial charge in [-0.15, -0.1) is 0 Å². The Morgan fingerprint density at radius 3 is 2.79 bits per heavy atom. The van der Waals surface area contributed by atoms with Gasteiger partial charge in [-0.2, -0.15) is 0 Å². The molecule has 0 radical (unpaired) electrons. The minimum Gasteiger partial charge on any atom is -0.465 e. The summed E-state index contributed by atoms with van der Waals surface area (Å²) < 4.78 is 4.53. The first-order chi connectivity index (χ1) is 6.63. The molecule has 0 spiro atoms. The van der Waals surface area contributed by atoms with Crippen molar-refractivity contribution in [3.8, 4) is 0 Å². The van der Waals surface area contributed by atoms with Crippen LogP contribution in [0.25, 0.3) is 0 Å². The van der Waals surface area contributed by atoms with Gasteiger partial charge in [0.2, 0.25) is 0 Å². The minimum atomic E-state index is -0.403. The van der Waals surface area contributed by atoms with E-state index in [0.29, 0.717) is 17.0 Å². The number of hydrogen-bond acceptors (Lipinski definition) is 4. The van der Waals surface area contributed by atoms with E-state index in [2.05, 4.69) is 9.72 Å². The molecule has 0 saturated carbocycles. The molecule has 0 aliphatic carbocycles. The van der Waals surface area contributed by atoms with Crippen molar-refractivity contribution in [3.63, 3.8) is 0 Å². The molecule has 0 fully saturated rings. The van der Waals surface area contributed by atoms with E-state index < -0.39 is 5.97 Å². The summed E-state index contributed by atoms with van der Waals surface area (Å²) in [4.78, 5) is 15.4. The number of thiocarbonyl (C=S) groups is 1. The number of ether oxygens (including phenoxy) is 1. The van der Waals surface area contributed by atoms with E-state index in [-0.39, 0.29) is 0 Å². The Morgan fingerprint density at radius 2 is 2.36 bits per heavy atom. The van der Waals surface area contributed by atoms with Crippen LogP contribution in [0, 0.1) is 0 Å². The lowest BCUT2D eigenvalue weighted by molar-refractivity contribution is 0.0600. The zero-order chi connectivity index (χ0) is 10.6. The van der Waals surface area contributed by atoms with Crippen molar-refractivity contribution in [2.75, 3.05) is 7.11 Å². The van der Waals surface area contributed by atoms with E-state index in [1.165, 1.54) is 13.3 Å². The zero-order valence-electron chi connectivity index (χ0n) is 7.69. The Balaban J connectivity index is 2.78. The van der Waals surface area contributed by atoms with Crippen LogP contribution >= 0.6 is 12.2 Å². The van der Waals surface area contributed by atoms with Gasteiger partial charge in [0.15, 0.2) is 0 Å². The summed E-state index contributed by atoms with van der Waals surface area (Å²) in [5.74, 6) is -0.403. The maximum absolute atomic E-state index is 11.0. The van der Waals surface area contributed by atoms with Crippen molar-refractivity contribution in [1.29, 1.82) is 0 Å². The first kappa shape index (κ1) is 10.6. The van der Waals surface area contributed by atoms with Crippen LogP contribution in [0.4, 0.5) is 0 Å². The van der Waals surface area contributed by atoms with Crippen molar-refractivity contribution >= 4 is 23.2 Å². The summed E-state index contributed by atoms with van der Waals surface area (Å²) in [5.41, 5.74) is 6.51. The van der Waals surface area contributed by atoms with E-state index in [4.69, 9.17) is 18.0 Å². The topological polar surface area (TPSA) is 65.2 Å². The van der Waals surface area contributed by atoms with Crippen LogP contribution in [0.2, 0.25) is 0 Å². The van der Waals surface area contributed by atoms with E-state index in [1.54, 1.807) is 12.1 Å². The van der Waals surface area contributed by atoms with Gasteiger partial charge in [0.25, 0.3) is 0 Å². The molecule has 1 aromatic rings. The highest BCUT2D eigenvalue weighted by atomic mass is 32.1. The molecule has 4 nitrogen and oxygen atoms in total. The van der Waals surface area contributed by atoms with Crippen LogP contribution in [0.5, 0.6) is 0 Å². The molecule has 1 rings (SSSR count). The maximum atomic E-state index is 11.0. The number of carbonyl (C=O) groups excluding carboxylic acids is 1. The second-order valence-electron chi connectivity index (χ2n) is 2.67. The number of aromatic nitrogens is 1. The van der Waals surface area contributed by atoms with Crippen LogP contribution in [-0.2, 0) is 11.2 Å². The summed E-state index contributed by atoms with van der Waals surface area (Å²) in [7, 11) is 1.32. The lowest BCUT2D eigenvalue weighted by Gasteiger charge is -2.00. The number of nitrogens with zero attached hydrogens (tertiary/aromatic N) is 1. The molecule has 0 atom stereocenters. The second kappa shape index (κ2) is 4.66. The maximum Gasteiger partial charge on any atom is 0.339 e. The van der Waals surface area contributed by atoms with Crippen molar-refractivity contribution in [1.82, 2.24) is 4.98 Å². The number of rotatable bonds is 3. The second-order valence-corrected chi connectivity index (χ2v) is 3.20. The molecule has 0 bridgehead atoms. The van der Waals surface area contributed by atoms with Crippen LogP contribution in [0.1, 0.15) is 16.1 Å². The molecule has 0 saturated heterocycles. The standard InChI is InChI=1S/C9H10N2O2S/c1-13-9(12)6-2-3-7(11-5-6)4-8(10)14/h2-3,5H,4H2,1H3,(H2,10,14). The molecule has 2 N–H and O–H groups in total. The molecule has 0 aliphatic heterocycles. The summed E-state index contributed by atoms with van der Waals surface area (Å²) >= 11 is 4.73. The molecule has 0 amide bonds. The Bertz CT molecular complexity index is 348. The third-order valence-electron chi connectivity index (χ3n) is 1.60. The van der Waals surface area contributed by atoms with Gasteiger partial charge in [0.05, 0.1) is 17.7 Å². The molecule has 5 heteroatoms. The van der Waals surface area contributed by atoms with Gasteiger partial charge in [0.1, 0.15) is 0 Å². The van der Waals surface area contributed by atoms with E-state index >= 15 is 0 Å². The average molecular weight is 210 g/mol. The highest BCUT2D eigenvalue weighted by molar-refractivity contribution is 7.80. The van der Waals surface area contributed by atoms with Gasteiger partial charge in [-0.25, -0.2) is 4.79 Å². The minimum absolute atomic E-state index is 0.378. The molecular formula is C9H10N2O2S. The quantitative estimate of drug-likeness (QED) is 0.587. The molecule has 0 aliphatic rings. The van der Waals surface area contributed by atoms with E-state index in [1.807, 2.05) is 0 Å². The summed E-state index contributed by atoms with van der Waals surface area (Å²) in [6.07, 6.45) is 1.89. The fraction of sp³-hybridized carbons (Fsp3) is 0.222. The molecule has 14 heavy (non-hydrogen) atoms. The van der Waals surface area contributed by atoms with Gasteiger partial charge < -0.3 is 10.5 Å². The van der Waals surface area contributed by atoms with Gasteiger partial charge in [-0.3, -0.25) is 4.98 Å². The average Bonchev–Trinajstić information content (AvgIpc) is 2.17. The summed E-state index contributed by atoms with van der Waals surface area (Å²) in [5, 5.41) is 0. The first-order valence-corrected chi connectivity index (χ1v) is 4.36. The van der Waals surface area contributed by atoms with Gasteiger partial charge in [-0.05, 0) is 12.1 Å². The van der Waals surface area contributed by atoms with Gasteiger partial charge in [-0.1, -0.05) is 12.2 Å². The highest BCUT2D eigenvalue weighted by Crippen LogP contribution is 2.02. The third kappa shape index (κ3) is 2.77. The van der Waals surface area contributed by atoms with Gasteiger partial charge in [0, 0.05) is 18.3 Å². The zero-order valence-corrected chi connectivity index (χ0v) is 8.50. The monoisotopic (exact) mass is 210 g/mol. The predicted octanol–water partition coefficient (Wildman–Crippen LogP) is 0.697. The largest absolute Gasteiger partial charge is 0.465 e. The fourth-order valence-corrected chi connectivity index (χ4v) is 1.09. The number of hydrogen-bond donors (Lipinski definition) is 1. The molecular weight excluding hydrogens is 200 g/mol. The SMILES string of the molecule is COC(=O)c1ccc(CC(N)=S)nc1. The first-order valence-electron chi connectivity index (χ1n) is 3.95. The van der Waals surface area contributed by atoms with E-state index in [9.17, 15) is 4.79 Å². The van der Waals surface area contributed by atoms with E-state index in [0.717, 1.165) is 5.69 Å². The Morgan fingerprint density at radius 1 is 1.64 bits per heavy atom. The van der Waals surface area contributed by atoms with Crippen LogP contribution in [0.15, 0.2) is 18.3 Å². The van der Waals surface area contributed by atoms with Crippen molar-refractivity contribution in [3.05, 3.63) is 29.6 Å². The number of nitrogens with two attached hydrogens (primary N) is 1. The Kier molecular flexibility index (Phi) is 3.53. The van der Waals surface area contributed by atoms with Crippen LogP contribution in [0.3, 0.4) is 0 Å². The van der Waals surface area contributed by atoms with Crippen molar-refractivity contribution < 1.29 is 9.53 Å². The van der Waals surface area contributed by atoms with Crippen molar-refractivity contribution in [2.24, 2.45) is 5.73 Å². The molecule has 0 unspecified atom stereocenters. The molecule has 1 heterocycles. The lowest BCUT2D eigenvalue weighted by atomic mass is 10.2. The Labute approximate surface area is 87.1 Å². The summed E-state index contributed by atoms with van der Waals surface area (Å²) in [6, 6.07) is 3.33. The normalized spacial score (nSPS) is 9.50. The summed E-state index contributed by atoms with van der Waals surface area (Å²) in [6.45, 7) is 0. The Hall–Kier alpha value is -1.49. The third-order valence-corrected chi connectivity index (χ3v) is 1.75. The van der Waals surface area contributed by atoms with Gasteiger partial charge >= 0.3 is 5.97 Å². The number of methoxy groups -OCH3 is 1. The predicted molar refractivity (Wildman–Crippen MR) is 56.1 cm³/mol. The smallest absolute Gasteiger partial charge is 0.339 e. The van der Waals surface area contributed by atoms with Crippen molar-refractivity contribution in [2.45, 2.75) is 6.42 Å². The number of esters is 1. The van der Waals surface area contributed by atoms with Crippen LogP contribution in [-0.4, -0.2) is 23.1 Å². The molecule has 74 valence electrons. The lowest BCUT2D eigenvalue weighted by Crippen LogP contribution is -2.12. The molecule has 1 aromatic heterocycles.